The maximum atomic E-state index is 13.0. The molecule has 0 radical (unpaired) electrons. The summed E-state index contributed by atoms with van der Waals surface area (Å²) in [5.74, 6) is -0.671. The molecule has 0 saturated carbocycles. The second-order valence-electron chi connectivity index (χ2n) is 7.66. The van der Waals surface area contributed by atoms with Crippen molar-refractivity contribution in [3.8, 4) is 5.75 Å². The molecule has 0 heterocycles. The lowest BCUT2D eigenvalue weighted by molar-refractivity contribution is 0.0977. The summed E-state index contributed by atoms with van der Waals surface area (Å²) in [7, 11) is -4.24. The minimum Gasteiger partial charge on any atom is -0.489 e. The molecule has 36 heavy (non-hydrogen) atoms. The van der Waals surface area contributed by atoms with Crippen molar-refractivity contribution in [2.45, 2.75) is 11.5 Å². The van der Waals surface area contributed by atoms with Gasteiger partial charge in [0.1, 0.15) is 12.4 Å². The van der Waals surface area contributed by atoms with E-state index in [9.17, 15) is 18.0 Å². The van der Waals surface area contributed by atoms with Crippen molar-refractivity contribution in [2.75, 3.05) is 5.32 Å². The third-order valence-corrected chi connectivity index (χ3v) is 6.81. The second kappa shape index (κ2) is 11.1. The number of sulfonamides is 1. The highest BCUT2D eigenvalue weighted by atomic mass is 35.5. The average molecular weight is 521 g/mol. The smallest absolute Gasteiger partial charge is 0.265 e. The van der Waals surface area contributed by atoms with Gasteiger partial charge in [-0.1, -0.05) is 66.2 Å². The normalized spacial score (nSPS) is 10.9. The van der Waals surface area contributed by atoms with E-state index >= 15 is 0 Å². The van der Waals surface area contributed by atoms with E-state index in [0.717, 1.165) is 0 Å². The monoisotopic (exact) mass is 520 g/mol. The molecule has 0 aromatic heterocycles. The zero-order valence-corrected chi connectivity index (χ0v) is 20.4. The lowest BCUT2D eigenvalue weighted by Crippen LogP contribution is -2.31. The van der Waals surface area contributed by atoms with Crippen molar-refractivity contribution in [3.05, 3.63) is 125 Å². The Labute approximate surface area is 213 Å². The van der Waals surface area contributed by atoms with Crippen LogP contribution in [0.4, 0.5) is 5.69 Å². The number of carbonyl (C=O) groups is 2. The van der Waals surface area contributed by atoms with Gasteiger partial charge < -0.3 is 10.1 Å². The first kappa shape index (κ1) is 25.0. The summed E-state index contributed by atoms with van der Waals surface area (Å²) < 4.78 is 33.8. The van der Waals surface area contributed by atoms with Gasteiger partial charge in [-0.2, -0.15) is 0 Å². The molecule has 9 heteroatoms. The minimum absolute atomic E-state index is 0.0806. The molecule has 0 fully saturated rings. The van der Waals surface area contributed by atoms with E-state index in [1.54, 1.807) is 54.6 Å². The van der Waals surface area contributed by atoms with Crippen molar-refractivity contribution < 1.29 is 22.7 Å². The fourth-order valence-electron chi connectivity index (χ4n) is 3.37. The van der Waals surface area contributed by atoms with Crippen LogP contribution in [0.3, 0.4) is 0 Å². The van der Waals surface area contributed by atoms with E-state index in [4.69, 9.17) is 16.3 Å². The summed E-state index contributed by atoms with van der Waals surface area (Å²) in [5.41, 5.74) is 1.16. The second-order valence-corrected chi connectivity index (χ2v) is 9.74. The SMILES string of the molecule is O=C(Nc1cccc(S(=O)(=O)NC(=O)c2ccccc2COc2ccccc2)c1)c1ccccc1Cl. The lowest BCUT2D eigenvalue weighted by atomic mass is 10.1. The lowest BCUT2D eigenvalue weighted by Gasteiger charge is -2.13. The third-order valence-electron chi connectivity index (χ3n) is 5.15. The number of benzene rings is 4. The van der Waals surface area contributed by atoms with Crippen LogP contribution < -0.4 is 14.8 Å². The molecule has 2 N–H and O–H groups in total. The van der Waals surface area contributed by atoms with Gasteiger partial charge in [0.15, 0.2) is 0 Å². The summed E-state index contributed by atoms with van der Waals surface area (Å²) in [4.78, 5) is 25.3. The standard InChI is InChI=1S/C27H21ClN2O5S/c28-25-16-7-6-15-24(25)26(31)29-20-10-8-13-22(17-20)36(33,34)30-27(32)23-14-5-4-9-19(23)18-35-21-11-2-1-3-12-21/h1-17H,18H2,(H,29,31)(H,30,32). The Morgan fingerprint density at radius 1 is 0.750 bits per heavy atom. The summed E-state index contributed by atoms with van der Waals surface area (Å²) in [6.45, 7) is 0.0806. The van der Waals surface area contributed by atoms with E-state index in [0.29, 0.717) is 11.3 Å². The highest BCUT2D eigenvalue weighted by molar-refractivity contribution is 7.90. The number of amides is 2. The molecule has 0 aliphatic heterocycles. The van der Waals surface area contributed by atoms with E-state index in [1.165, 1.54) is 30.3 Å². The van der Waals surface area contributed by atoms with Crippen molar-refractivity contribution in [1.29, 1.82) is 0 Å². The average Bonchev–Trinajstić information content (AvgIpc) is 2.88. The Bertz CT molecular complexity index is 1510. The third kappa shape index (κ3) is 6.10. The Morgan fingerprint density at radius 2 is 1.42 bits per heavy atom. The quantitative estimate of drug-likeness (QED) is 0.329. The largest absolute Gasteiger partial charge is 0.489 e. The molecule has 0 saturated heterocycles. The minimum atomic E-state index is -4.24. The molecule has 2 amide bonds. The molecular formula is C27H21ClN2O5S. The van der Waals surface area contributed by atoms with E-state index in [-0.39, 0.29) is 33.3 Å². The van der Waals surface area contributed by atoms with Crippen molar-refractivity contribution in [1.82, 2.24) is 4.72 Å². The molecule has 4 rings (SSSR count). The topological polar surface area (TPSA) is 102 Å². The Hall–Kier alpha value is -4.14. The number of nitrogens with one attached hydrogen (secondary N) is 2. The fourth-order valence-corrected chi connectivity index (χ4v) is 4.60. The van der Waals surface area contributed by atoms with Crippen molar-refractivity contribution in [2.24, 2.45) is 0 Å². The fraction of sp³-hybridized carbons (Fsp3) is 0.0370. The summed E-state index contributed by atoms with van der Waals surface area (Å²) in [6, 6.07) is 27.7. The molecule has 0 aliphatic rings. The molecule has 7 nitrogen and oxygen atoms in total. The van der Waals surface area contributed by atoms with Crippen LogP contribution in [0.1, 0.15) is 26.3 Å². The highest BCUT2D eigenvalue weighted by Gasteiger charge is 2.21. The van der Waals surface area contributed by atoms with Crippen LogP contribution in [0, 0.1) is 0 Å². The van der Waals surface area contributed by atoms with Crippen LogP contribution in [0.5, 0.6) is 5.75 Å². The van der Waals surface area contributed by atoms with E-state index in [2.05, 4.69) is 10.0 Å². The van der Waals surface area contributed by atoms with Crippen molar-refractivity contribution in [3.63, 3.8) is 0 Å². The Kier molecular flexibility index (Phi) is 7.68. The number of ether oxygens (including phenoxy) is 1. The summed E-state index contributed by atoms with van der Waals surface area (Å²) in [5, 5.41) is 2.89. The van der Waals surface area contributed by atoms with Crippen LogP contribution in [-0.2, 0) is 16.6 Å². The zero-order valence-electron chi connectivity index (χ0n) is 18.8. The van der Waals surface area contributed by atoms with Gasteiger partial charge in [-0.25, -0.2) is 13.1 Å². The number of anilines is 1. The predicted octanol–water partition coefficient (Wildman–Crippen LogP) is 5.29. The first-order valence-electron chi connectivity index (χ1n) is 10.8. The highest BCUT2D eigenvalue weighted by Crippen LogP contribution is 2.20. The van der Waals surface area contributed by atoms with Crippen LogP contribution in [-0.4, -0.2) is 20.2 Å². The van der Waals surface area contributed by atoms with Crippen LogP contribution in [0.15, 0.2) is 108 Å². The van der Waals surface area contributed by atoms with E-state index < -0.39 is 21.8 Å². The predicted molar refractivity (Wildman–Crippen MR) is 138 cm³/mol. The van der Waals surface area contributed by atoms with Gasteiger partial charge in [-0.3, -0.25) is 9.59 Å². The van der Waals surface area contributed by atoms with Gasteiger partial charge in [0.25, 0.3) is 21.8 Å². The zero-order chi connectivity index (χ0) is 25.5. The number of hydrogen-bond acceptors (Lipinski definition) is 5. The maximum Gasteiger partial charge on any atom is 0.265 e. The maximum absolute atomic E-state index is 13.0. The van der Waals surface area contributed by atoms with Gasteiger partial charge in [0.05, 0.1) is 15.5 Å². The van der Waals surface area contributed by atoms with Gasteiger partial charge in [-0.15, -0.1) is 0 Å². The molecule has 0 bridgehead atoms. The molecule has 0 unspecified atom stereocenters. The number of hydrogen-bond donors (Lipinski definition) is 2. The van der Waals surface area contributed by atoms with Crippen molar-refractivity contribution >= 4 is 39.1 Å². The van der Waals surface area contributed by atoms with Gasteiger partial charge in [0.2, 0.25) is 0 Å². The molecule has 4 aromatic rings. The Balaban J connectivity index is 1.49. The molecule has 0 aliphatic carbocycles. The number of halogens is 1. The molecule has 4 aromatic carbocycles. The summed E-state index contributed by atoms with van der Waals surface area (Å²) in [6.07, 6.45) is 0. The first-order valence-corrected chi connectivity index (χ1v) is 12.7. The van der Waals surface area contributed by atoms with Crippen LogP contribution >= 0.6 is 11.6 Å². The van der Waals surface area contributed by atoms with Gasteiger partial charge >= 0.3 is 0 Å². The van der Waals surface area contributed by atoms with Crippen LogP contribution in [0.2, 0.25) is 5.02 Å². The number of para-hydroxylation sites is 1. The Morgan fingerprint density at radius 3 is 2.17 bits per heavy atom. The van der Waals surface area contributed by atoms with Gasteiger partial charge in [-0.05, 0) is 48.5 Å². The number of carbonyl (C=O) groups excluding carboxylic acids is 2. The van der Waals surface area contributed by atoms with Crippen LogP contribution in [0.25, 0.3) is 0 Å². The first-order chi connectivity index (χ1) is 17.3. The molecule has 182 valence electrons. The van der Waals surface area contributed by atoms with E-state index in [1.807, 2.05) is 18.2 Å². The molecular weight excluding hydrogens is 500 g/mol. The molecule has 0 spiro atoms. The number of rotatable bonds is 8. The van der Waals surface area contributed by atoms with Gasteiger partial charge in [0, 0.05) is 16.8 Å². The summed E-state index contributed by atoms with van der Waals surface area (Å²) >= 11 is 6.06. The molecule has 0 atom stereocenters.